The monoisotopic (exact) mass is 368 g/mol. The molecule has 0 aliphatic carbocycles. The van der Waals surface area contributed by atoms with Gasteiger partial charge >= 0.3 is 0 Å². The average Bonchev–Trinajstić information content (AvgIpc) is 2.70. The van der Waals surface area contributed by atoms with E-state index in [2.05, 4.69) is 0 Å². The van der Waals surface area contributed by atoms with Gasteiger partial charge in [0, 0.05) is 37.1 Å². The first-order valence-electron chi connectivity index (χ1n) is 8.74. The van der Waals surface area contributed by atoms with E-state index >= 15 is 0 Å². The highest BCUT2D eigenvalue weighted by Gasteiger charge is 2.25. The number of methoxy groups -OCH3 is 1. The van der Waals surface area contributed by atoms with Crippen LogP contribution in [0.2, 0.25) is 0 Å². The van der Waals surface area contributed by atoms with Crippen LogP contribution in [0.5, 0.6) is 5.75 Å². The van der Waals surface area contributed by atoms with Gasteiger partial charge in [0.1, 0.15) is 5.75 Å². The summed E-state index contributed by atoms with van der Waals surface area (Å²) < 4.78 is 5.11. The number of carbonyl (C=O) groups excluding carboxylic acids is 2. The minimum absolute atomic E-state index is 0.0408. The Morgan fingerprint density at radius 1 is 1.19 bits per heavy atom. The highest BCUT2D eigenvalue weighted by Crippen LogP contribution is 2.31. The molecule has 1 aliphatic heterocycles. The van der Waals surface area contributed by atoms with E-state index in [0.717, 1.165) is 18.4 Å². The first-order chi connectivity index (χ1) is 13.0. The van der Waals surface area contributed by atoms with Crippen LogP contribution >= 0.6 is 0 Å². The molecule has 3 rings (SSSR count). The van der Waals surface area contributed by atoms with Gasteiger partial charge in [-0.1, -0.05) is 18.2 Å². The van der Waals surface area contributed by atoms with Crippen LogP contribution in [0.4, 0.5) is 11.4 Å². The molecule has 0 spiro atoms. The second kappa shape index (κ2) is 7.99. The second-order valence-corrected chi connectivity index (χ2v) is 6.37. The first-order valence-corrected chi connectivity index (χ1v) is 8.74. The minimum atomic E-state index is -0.468. The maximum Gasteiger partial charge on any atom is 0.271 e. The number of carbonyl (C=O) groups is 2. The van der Waals surface area contributed by atoms with Crippen molar-refractivity contribution in [1.29, 1.82) is 0 Å². The number of ether oxygens (including phenoxy) is 1. The summed E-state index contributed by atoms with van der Waals surface area (Å²) >= 11 is 0. The van der Waals surface area contributed by atoms with E-state index in [1.54, 1.807) is 35.2 Å². The molecular weight excluding hydrogens is 348 g/mol. The molecule has 0 saturated carbocycles. The third-order valence-electron chi connectivity index (χ3n) is 4.66. The average molecular weight is 368 g/mol. The lowest BCUT2D eigenvalue weighted by molar-refractivity contribution is -0.384. The van der Waals surface area contributed by atoms with Crippen molar-refractivity contribution in [3.8, 4) is 5.75 Å². The number of nitro groups is 1. The van der Waals surface area contributed by atoms with E-state index in [1.807, 2.05) is 0 Å². The van der Waals surface area contributed by atoms with Gasteiger partial charge in [0.05, 0.1) is 17.7 Å². The van der Waals surface area contributed by atoms with Crippen molar-refractivity contribution < 1.29 is 19.2 Å². The molecule has 0 saturated heterocycles. The van der Waals surface area contributed by atoms with Crippen LogP contribution in [0.3, 0.4) is 0 Å². The summed E-state index contributed by atoms with van der Waals surface area (Å²) in [7, 11) is 1.53. The molecule has 7 heteroatoms. The molecular formula is C20H20N2O5. The topological polar surface area (TPSA) is 89.8 Å². The number of anilines is 1. The molecule has 0 radical (unpaired) electrons. The van der Waals surface area contributed by atoms with Crippen LogP contribution in [0, 0.1) is 10.1 Å². The van der Waals surface area contributed by atoms with Gasteiger partial charge in [-0.15, -0.1) is 0 Å². The maximum atomic E-state index is 12.7. The maximum absolute atomic E-state index is 12.7. The van der Waals surface area contributed by atoms with Gasteiger partial charge in [0.15, 0.2) is 5.78 Å². The molecule has 0 aromatic heterocycles. The third kappa shape index (κ3) is 4.13. The standard InChI is InChI=1S/C20H20N2O5/c1-27-17-6-2-4-15(12-17)19(23)9-10-20(24)21-11-3-5-14-7-8-16(22(25)26)13-18(14)21/h2,4,6-8,12-13H,3,5,9-11H2,1H3. The van der Waals surface area contributed by atoms with E-state index in [4.69, 9.17) is 4.74 Å². The molecule has 1 amide bonds. The lowest BCUT2D eigenvalue weighted by Gasteiger charge is -2.29. The zero-order valence-electron chi connectivity index (χ0n) is 15.0. The molecule has 0 unspecified atom stereocenters. The number of hydrogen-bond donors (Lipinski definition) is 0. The molecule has 0 fully saturated rings. The Labute approximate surface area is 156 Å². The number of ketones is 1. The van der Waals surface area contributed by atoms with Crippen LogP contribution in [-0.4, -0.2) is 30.3 Å². The molecule has 2 aromatic carbocycles. The number of hydrogen-bond acceptors (Lipinski definition) is 5. The Hall–Kier alpha value is -3.22. The van der Waals surface area contributed by atoms with E-state index < -0.39 is 4.92 Å². The molecule has 27 heavy (non-hydrogen) atoms. The number of rotatable bonds is 6. The fraction of sp³-hybridized carbons (Fsp3) is 0.300. The van der Waals surface area contributed by atoms with Crippen molar-refractivity contribution in [1.82, 2.24) is 0 Å². The van der Waals surface area contributed by atoms with Gasteiger partial charge in [-0.05, 0) is 30.5 Å². The summed E-state index contributed by atoms with van der Waals surface area (Å²) in [5.41, 5.74) is 1.95. The van der Waals surface area contributed by atoms with E-state index in [1.165, 1.54) is 19.2 Å². The van der Waals surface area contributed by atoms with Crippen LogP contribution in [0.15, 0.2) is 42.5 Å². The van der Waals surface area contributed by atoms with Gasteiger partial charge in [0.25, 0.3) is 5.69 Å². The first kappa shape index (κ1) is 18.6. The summed E-state index contributed by atoms with van der Waals surface area (Å²) in [5, 5.41) is 11.0. The Morgan fingerprint density at radius 3 is 2.74 bits per heavy atom. The van der Waals surface area contributed by atoms with Crippen LogP contribution in [0.25, 0.3) is 0 Å². The zero-order chi connectivity index (χ0) is 19.4. The van der Waals surface area contributed by atoms with Crippen LogP contribution < -0.4 is 9.64 Å². The summed E-state index contributed by atoms with van der Waals surface area (Å²) in [6.45, 7) is 0.500. The molecule has 0 atom stereocenters. The molecule has 140 valence electrons. The fourth-order valence-electron chi connectivity index (χ4n) is 3.23. The second-order valence-electron chi connectivity index (χ2n) is 6.37. The SMILES string of the molecule is COc1cccc(C(=O)CCC(=O)N2CCCc3ccc([N+](=O)[O-])cc32)c1. The van der Waals surface area contributed by atoms with Gasteiger partial charge in [-0.2, -0.15) is 0 Å². The smallest absolute Gasteiger partial charge is 0.271 e. The predicted molar refractivity (Wildman–Crippen MR) is 100 cm³/mol. The Bertz CT molecular complexity index is 894. The number of benzene rings is 2. The van der Waals surface area contributed by atoms with Crippen LogP contribution in [0.1, 0.15) is 35.2 Å². The lowest BCUT2D eigenvalue weighted by Crippen LogP contribution is -2.35. The Morgan fingerprint density at radius 2 is 2.00 bits per heavy atom. The Kier molecular flexibility index (Phi) is 5.49. The van der Waals surface area contributed by atoms with E-state index in [0.29, 0.717) is 23.5 Å². The zero-order valence-corrected chi connectivity index (χ0v) is 15.0. The minimum Gasteiger partial charge on any atom is -0.497 e. The number of nitro benzene ring substituents is 1. The largest absolute Gasteiger partial charge is 0.497 e. The van der Waals surface area contributed by atoms with Crippen molar-refractivity contribution in [2.45, 2.75) is 25.7 Å². The predicted octanol–water partition coefficient (Wildman–Crippen LogP) is 3.55. The van der Waals surface area contributed by atoms with Gasteiger partial charge in [-0.3, -0.25) is 19.7 Å². The van der Waals surface area contributed by atoms with Crippen LogP contribution in [-0.2, 0) is 11.2 Å². The number of non-ortho nitro benzene ring substituents is 1. The highest BCUT2D eigenvalue weighted by molar-refractivity contribution is 6.01. The summed E-state index contributed by atoms with van der Waals surface area (Å²) in [4.78, 5) is 37.2. The molecule has 0 N–H and O–H groups in total. The summed E-state index contributed by atoms with van der Waals surface area (Å²) in [6, 6.07) is 11.4. The molecule has 0 bridgehead atoms. The number of nitrogens with zero attached hydrogens (tertiary/aromatic N) is 2. The van der Waals surface area contributed by atoms with Crippen molar-refractivity contribution in [3.05, 3.63) is 63.7 Å². The normalized spacial score (nSPS) is 13.0. The molecule has 7 nitrogen and oxygen atoms in total. The van der Waals surface area contributed by atoms with E-state index in [-0.39, 0.29) is 30.2 Å². The summed E-state index contributed by atoms with van der Waals surface area (Å²) in [5.74, 6) is 0.246. The number of amides is 1. The van der Waals surface area contributed by atoms with Crippen molar-refractivity contribution >= 4 is 23.1 Å². The van der Waals surface area contributed by atoms with Crippen molar-refractivity contribution in [2.24, 2.45) is 0 Å². The number of Topliss-reactive ketones (excluding diaryl/α,β-unsaturated/α-hetero) is 1. The number of fused-ring (bicyclic) bond motifs is 1. The Balaban J connectivity index is 1.71. The molecule has 1 aliphatic rings. The number of aryl methyl sites for hydroxylation is 1. The molecule has 2 aromatic rings. The van der Waals surface area contributed by atoms with Crippen molar-refractivity contribution in [3.63, 3.8) is 0 Å². The highest BCUT2D eigenvalue weighted by atomic mass is 16.6. The van der Waals surface area contributed by atoms with Gasteiger partial charge in [0.2, 0.25) is 5.91 Å². The lowest BCUT2D eigenvalue weighted by atomic mass is 10.00. The summed E-state index contributed by atoms with van der Waals surface area (Å²) in [6.07, 6.45) is 1.70. The quantitative estimate of drug-likeness (QED) is 0.442. The van der Waals surface area contributed by atoms with Crippen molar-refractivity contribution in [2.75, 3.05) is 18.6 Å². The fourth-order valence-corrected chi connectivity index (χ4v) is 3.23. The van der Waals surface area contributed by atoms with Gasteiger partial charge in [-0.25, -0.2) is 0 Å². The molecule has 1 heterocycles. The third-order valence-corrected chi connectivity index (χ3v) is 4.66. The van der Waals surface area contributed by atoms with E-state index in [9.17, 15) is 19.7 Å². The van der Waals surface area contributed by atoms with Gasteiger partial charge < -0.3 is 9.64 Å².